The molecule has 1 saturated heterocycles. The van der Waals surface area contributed by atoms with E-state index in [1.807, 2.05) is 38.1 Å². The largest absolute Gasteiger partial charge is 0.383 e. The Morgan fingerprint density at radius 1 is 1.23 bits per heavy atom. The number of aryl methyl sites for hydroxylation is 1. The second-order valence-corrected chi connectivity index (χ2v) is 8.06. The molecule has 1 aromatic heterocycles. The van der Waals surface area contributed by atoms with Crippen molar-refractivity contribution in [2.75, 3.05) is 24.2 Å². The molecule has 3 N–H and O–H groups in total. The predicted molar refractivity (Wildman–Crippen MR) is 119 cm³/mol. The van der Waals surface area contributed by atoms with Gasteiger partial charge in [-0.2, -0.15) is 0 Å². The number of nitrogens with two attached hydrogens (primary N) is 1. The van der Waals surface area contributed by atoms with E-state index in [0.717, 1.165) is 17.5 Å². The lowest BCUT2D eigenvalue weighted by atomic mass is 10.1. The molecule has 2 aromatic rings. The molecule has 31 heavy (non-hydrogen) atoms. The van der Waals surface area contributed by atoms with Crippen LogP contribution in [0, 0.1) is 12.8 Å². The fraction of sp³-hybridized carbons (Fsp3) is 0.455. The first-order valence-electron chi connectivity index (χ1n) is 10.5. The average molecular weight is 428 g/mol. The zero-order valence-corrected chi connectivity index (χ0v) is 18.2. The van der Waals surface area contributed by atoms with Crippen LogP contribution in [0.5, 0.6) is 0 Å². The number of unbranched alkanes of at least 4 members (excludes halogenated alkanes) is 1. The van der Waals surface area contributed by atoms with E-state index in [1.165, 1.54) is 16.5 Å². The first-order chi connectivity index (χ1) is 14.7. The van der Waals surface area contributed by atoms with Gasteiger partial charge in [-0.1, -0.05) is 43.2 Å². The third-order valence-corrected chi connectivity index (χ3v) is 5.67. The molecule has 0 saturated carbocycles. The number of carbonyl (C=O) groups is 2. The molecule has 1 aromatic carbocycles. The lowest BCUT2D eigenvalue weighted by molar-refractivity contribution is -0.128. The van der Waals surface area contributed by atoms with Gasteiger partial charge in [-0.25, -0.2) is 4.79 Å². The smallest absolute Gasteiger partial charge is 0.330 e. The number of aromatic amines is 1. The second kappa shape index (κ2) is 9.20. The molecule has 1 atom stereocenters. The summed E-state index contributed by atoms with van der Waals surface area (Å²) < 4.78 is 1.27. The minimum Gasteiger partial charge on any atom is -0.383 e. The third kappa shape index (κ3) is 4.70. The first kappa shape index (κ1) is 22.3. The Morgan fingerprint density at radius 3 is 2.55 bits per heavy atom. The Kier molecular flexibility index (Phi) is 6.62. The van der Waals surface area contributed by atoms with Crippen LogP contribution in [0.15, 0.2) is 33.9 Å². The number of likely N-dealkylation sites (tertiary alicyclic amines) is 1. The topological polar surface area (TPSA) is 121 Å². The number of carbonyl (C=O) groups excluding carboxylic acids is 2. The Bertz CT molecular complexity index is 1090. The molecule has 166 valence electrons. The highest BCUT2D eigenvalue weighted by Crippen LogP contribution is 2.25. The normalized spacial score (nSPS) is 16.0. The quantitative estimate of drug-likeness (QED) is 0.689. The summed E-state index contributed by atoms with van der Waals surface area (Å²) in [6.07, 6.45) is 1.62. The molecular formula is C22H29N5O4. The van der Waals surface area contributed by atoms with Crippen molar-refractivity contribution in [2.24, 2.45) is 5.92 Å². The molecule has 2 amide bonds. The highest BCUT2D eigenvalue weighted by atomic mass is 16.2. The van der Waals surface area contributed by atoms with E-state index >= 15 is 0 Å². The summed E-state index contributed by atoms with van der Waals surface area (Å²) in [5.41, 5.74) is 6.85. The van der Waals surface area contributed by atoms with Crippen LogP contribution in [0.3, 0.4) is 0 Å². The molecule has 2 heterocycles. The standard InChI is InChI=1S/C22H29N5O4/c1-4-5-10-27-19(23)18(20(29)24-22(27)31)25(3)21(30)16-11-17(28)26(13-16)12-15-8-6-14(2)7-9-15/h6-9,16H,4-5,10-13,23H2,1-3H3,(H,24,29,31)/t16-/m0/s1. The molecule has 0 bridgehead atoms. The highest BCUT2D eigenvalue weighted by molar-refractivity contribution is 6.00. The summed E-state index contributed by atoms with van der Waals surface area (Å²) in [6.45, 7) is 5.01. The van der Waals surface area contributed by atoms with Crippen LogP contribution in [-0.4, -0.2) is 39.9 Å². The molecule has 0 unspecified atom stereocenters. The van der Waals surface area contributed by atoms with E-state index in [-0.39, 0.29) is 36.3 Å². The molecule has 0 aliphatic carbocycles. The van der Waals surface area contributed by atoms with E-state index in [4.69, 9.17) is 5.73 Å². The number of anilines is 2. The number of benzene rings is 1. The first-order valence-corrected chi connectivity index (χ1v) is 10.5. The van der Waals surface area contributed by atoms with Gasteiger partial charge in [-0.3, -0.25) is 23.9 Å². The summed E-state index contributed by atoms with van der Waals surface area (Å²) in [6, 6.07) is 7.89. The predicted octanol–water partition coefficient (Wildman–Crippen LogP) is 1.24. The van der Waals surface area contributed by atoms with Gasteiger partial charge >= 0.3 is 5.69 Å². The average Bonchev–Trinajstić information content (AvgIpc) is 3.09. The Hall–Kier alpha value is -3.36. The SMILES string of the molecule is CCCCn1c(N)c(N(C)C(=O)[C@H]2CC(=O)N(Cc3ccc(C)cc3)C2)c(=O)[nH]c1=O. The third-order valence-electron chi connectivity index (χ3n) is 5.67. The molecular weight excluding hydrogens is 398 g/mol. The van der Waals surface area contributed by atoms with Crippen molar-refractivity contribution in [3.05, 3.63) is 56.2 Å². The van der Waals surface area contributed by atoms with Gasteiger partial charge in [0.1, 0.15) is 5.82 Å². The lowest BCUT2D eigenvalue weighted by Gasteiger charge is -2.23. The number of nitrogens with zero attached hydrogens (tertiary/aromatic N) is 3. The molecule has 1 aliphatic rings. The summed E-state index contributed by atoms with van der Waals surface area (Å²) in [4.78, 5) is 55.2. The maximum absolute atomic E-state index is 13.1. The van der Waals surface area contributed by atoms with Crippen LogP contribution in [0.2, 0.25) is 0 Å². The van der Waals surface area contributed by atoms with Gasteiger partial charge in [0.15, 0.2) is 5.69 Å². The molecule has 9 nitrogen and oxygen atoms in total. The van der Waals surface area contributed by atoms with Crippen molar-refractivity contribution in [2.45, 2.75) is 46.2 Å². The lowest BCUT2D eigenvalue weighted by Crippen LogP contribution is -2.42. The number of nitrogens with one attached hydrogen (secondary N) is 1. The van der Waals surface area contributed by atoms with Gasteiger partial charge in [0, 0.05) is 33.1 Å². The van der Waals surface area contributed by atoms with E-state index in [0.29, 0.717) is 19.5 Å². The number of amides is 2. The van der Waals surface area contributed by atoms with Crippen molar-refractivity contribution in [3.63, 3.8) is 0 Å². The van der Waals surface area contributed by atoms with Crippen LogP contribution >= 0.6 is 0 Å². The highest BCUT2D eigenvalue weighted by Gasteiger charge is 2.37. The van der Waals surface area contributed by atoms with Crippen molar-refractivity contribution >= 4 is 23.3 Å². The van der Waals surface area contributed by atoms with Crippen molar-refractivity contribution in [1.82, 2.24) is 14.5 Å². The molecule has 0 radical (unpaired) electrons. The van der Waals surface area contributed by atoms with Gasteiger partial charge in [0.25, 0.3) is 5.56 Å². The van der Waals surface area contributed by atoms with E-state index in [9.17, 15) is 19.2 Å². The van der Waals surface area contributed by atoms with Crippen LogP contribution < -0.4 is 21.9 Å². The minimum atomic E-state index is -0.716. The maximum atomic E-state index is 13.1. The molecule has 1 aliphatic heterocycles. The van der Waals surface area contributed by atoms with Crippen LogP contribution in [0.1, 0.15) is 37.3 Å². The minimum absolute atomic E-state index is 0.0427. The van der Waals surface area contributed by atoms with Gasteiger partial charge in [-0.15, -0.1) is 0 Å². The fourth-order valence-electron chi connectivity index (χ4n) is 3.83. The summed E-state index contributed by atoms with van der Waals surface area (Å²) >= 11 is 0. The number of rotatable bonds is 7. The molecule has 1 fully saturated rings. The van der Waals surface area contributed by atoms with Crippen LogP contribution in [0.25, 0.3) is 0 Å². The zero-order valence-electron chi connectivity index (χ0n) is 18.2. The summed E-state index contributed by atoms with van der Waals surface area (Å²) in [5, 5.41) is 0. The van der Waals surface area contributed by atoms with Gasteiger partial charge < -0.3 is 15.5 Å². The van der Waals surface area contributed by atoms with Crippen molar-refractivity contribution < 1.29 is 9.59 Å². The zero-order chi connectivity index (χ0) is 22.7. The number of aromatic nitrogens is 2. The van der Waals surface area contributed by atoms with E-state index in [2.05, 4.69) is 4.98 Å². The fourth-order valence-corrected chi connectivity index (χ4v) is 3.83. The summed E-state index contributed by atoms with van der Waals surface area (Å²) in [5.74, 6) is -1.11. The Morgan fingerprint density at radius 2 is 1.90 bits per heavy atom. The van der Waals surface area contributed by atoms with Crippen molar-refractivity contribution in [1.29, 1.82) is 0 Å². The van der Waals surface area contributed by atoms with E-state index < -0.39 is 17.2 Å². The van der Waals surface area contributed by atoms with Crippen molar-refractivity contribution in [3.8, 4) is 0 Å². The van der Waals surface area contributed by atoms with E-state index in [1.54, 1.807) is 4.90 Å². The Labute approximate surface area is 180 Å². The maximum Gasteiger partial charge on any atom is 0.330 e. The van der Waals surface area contributed by atoms with Gasteiger partial charge in [-0.05, 0) is 18.9 Å². The number of hydrogen-bond donors (Lipinski definition) is 2. The molecule has 9 heteroatoms. The van der Waals surface area contributed by atoms with Gasteiger partial charge in [0.2, 0.25) is 11.8 Å². The molecule has 0 spiro atoms. The Balaban J connectivity index is 1.78. The summed E-state index contributed by atoms with van der Waals surface area (Å²) in [7, 11) is 1.45. The number of nitrogen functional groups attached to an aromatic ring is 1. The van der Waals surface area contributed by atoms with Crippen LogP contribution in [-0.2, 0) is 22.7 Å². The number of hydrogen-bond acceptors (Lipinski definition) is 5. The second-order valence-electron chi connectivity index (χ2n) is 8.06. The van der Waals surface area contributed by atoms with Crippen LogP contribution in [0.4, 0.5) is 11.5 Å². The number of H-pyrrole nitrogens is 1. The molecule has 3 rings (SSSR count). The van der Waals surface area contributed by atoms with Gasteiger partial charge in [0.05, 0.1) is 5.92 Å². The monoisotopic (exact) mass is 427 g/mol.